The number of pyridine rings is 1. The molecule has 5 rings (SSSR count). The van der Waals surface area contributed by atoms with E-state index in [-0.39, 0.29) is 36.2 Å². The summed E-state index contributed by atoms with van der Waals surface area (Å²) in [7, 11) is 0. The zero-order valence-corrected chi connectivity index (χ0v) is 16.3. The second-order valence-electron chi connectivity index (χ2n) is 7.00. The van der Waals surface area contributed by atoms with Gasteiger partial charge in [-0.05, 0) is 18.2 Å². The number of rotatable bonds is 4. The summed E-state index contributed by atoms with van der Waals surface area (Å²) in [5, 5.41) is 15.4. The highest BCUT2D eigenvalue weighted by molar-refractivity contribution is 6.34. The molecule has 0 bridgehead atoms. The molecule has 4 N–H and O–H groups in total. The van der Waals surface area contributed by atoms with E-state index < -0.39 is 24.3 Å². The first kappa shape index (κ1) is 19.1. The number of ether oxygens (including phenoxy) is 3. The number of carbonyl (C=O) groups excluding carboxylic acids is 1. The van der Waals surface area contributed by atoms with E-state index in [0.717, 1.165) is 0 Å². The number of aromatic nitrogens is 3. The molecule has 0 saturated carbocycles. The number of H-pyrrole nitrogens is 1. The lowest BCUT2D eigenvalue weighted by atomic mass is 10.1. The van der Waals surface area contributed by atoms with Crippen molar-refractivity contribution >= 4 is 40.3 Å². The maximum Gasteiger partial charge on any atom is 0.324 e. The highest BCUT2D eigenvalue weighted by Crippen LogP contribution is 2.30. The van der Waals surface area contributed by atoms with E-state index in [9.17, 15) is 9.90 Å². The Balaban J connectivity index is 1.30. The highest BCUT2D eigenvalue weighted by Gasteiger charge is 2.48. The van der Waals surface area contributed by atoms with Crippen LogP contribution in [0, 0.1) is 0 Å². The highest BCUT2D eigenvalue weighted by atomic mass is 35.5. The second-order valence-corrected chi connectivity index (χ2v) is 7.40. The number of aliphatic hydroxyl groups excluding tert-OH is 1. The summed E-state index contributed by atoms with van der Waals surface area (Å²) in [5.74, 6) is 0.169. The molecule has 1 aromatic carbocycles. The molecule has 0 unspecified atom stereocenters. The standard InChI is InChI=1S/C19H18ClN5O5/c20-10-6-11-17(23-16(10)24-18(27)21-9-4-2-1-3-5-9)25-19(22-11)30-13-8-29-14-12(26)7-28-15(13)14/h1-6,12-15,26H,7-8H2,(H3,21,22,23,24,25,27)/t12-,13-,14-,15-/m1/s1. The van der Waals surface area contributed by atoms with Crippen LogP contribution >= 0.6 is 11.6 Å². The summed E-state index contributed by atoms with van der Waals surface area (Å²) >= 11 is 6.26. The lowest BCUT2D eigenvalue weighted by molar-refractivity contribution is 0.00706. The van der Waals surface area contributed by atoms with Crippen LogP contribution in [0.1, 0.15) is 0 Å². The van der Waals surface area contributed by atoms with Crippen LogP contribution in [0.25, 0.3) is 11.2 Å². The van der Waals surface area contributed by atoms with Gasteiger partial charge in [-0.25, -0.2) is 9.78 Å². The van der Waals surface area contributed by atoms with Crippen molar-refractivity contribution in [2.45, 2.75) is 24.4 Å². The van der Waals surface area contributed by atoms with Gasteiger partial charge in [0.15, 0.2) is 17.6 Å². The van der Waals surface area contributed by atoms with Crippen molar-refractivity contribution in [2.24, 2.45) is 0 Å². The van der Waals surface area contributed by atoms with Gasteiger partial charge < -0.3 is 29.6 Å². The van der Waals surface area contributed by atoms with Crippen molar-refractivity contribution in [3.05, 3.63) is 41.4 Å². The van der Waals surface area contributed by atoms with E-state index in [1.807, 2.05) is 18.2 Å². The van der Waals surface area contributed by atoms with Gasteiger partial charge in [0.2, 0.25) is 0 Å². The SMILES string of the molecule is O=C(Nc1ccccc1)Nc1nc2nc(O[C@@H]3CO[C@H]4[C@@H]3OC[C@H]4O)[nH]c2cc1Cl. The number of fused-ring (bicyclic) bond motifs is 2. The van der Waals surface area contributed by atoms with Crippen molar-refractivity contribution in [3.8, 4) is 6.01 Å². The number of benzene rings is 1. The third-order valence-corrected chi connectivity index (χ3v) is 5.20. The molecule has 4 atom stereocenters. The van der Waals surface area contributed by atoms with Crippen LogP contribution in [0.4, 0.5) is 16.3 Å². The number of urea groups is 1. The number of halogens is 1. The van der Waals surface area contributed by atoms with Crippen LogP contribution < -0.4 is 15.4 Å². The van der Waals surface area contributed by atoms with Crippen molar-refractivity contribution in [3.63, 3.8) is 0 Å². The second kappa shape index (κ2) is 7.73. The van der Waals surface area contributed by atoms with E-state index in [1.54, 1.807) is 18.2 Å². The molecule has 4 heterocycles. The summed E-state index contributed by atoms with van der Waals surface area (Å²) in [4.78, 5) is 23.8. The third-order valence-electron chi connectivity index (χ3n) is 4.91. The minimum absolute atomic E-state index is 0.169. The van der Waals surface area contributed by atoms with E-state index in [2.05, 4.69) is 25.6 Å². The predicted molar refractivity (Wildman–Crippen MR) is 108 cm³/mol. The molecule has 2 aliphatic heterocycles. The lowest BCUT2D eigenvalue weighted by Gasteiger charge is -2.15. The lowest BCUT2D eigenvalue weighted by Crippen LogP contribution is -2.34. The summed E-state index contributed by atoms with van der Waals surface area (Å²) < 4.78 is 16.9. The average molecular weight is 432 g/mol. The van der Waals surface area contributed by atoms with Gasteiger partial charge in [-0.15, -0.1) is 0 Å². The van der Waals surface area contributed by atoms with Crippen molar-refractivity contribution in [2.75, 3.05) is 23.8 Å². The van der Waals surface area contributed by atoms with E-state index in [0.29, 0.717) is 16.9 Å². The molecule has 0 spiro atoms. The van der Waals surface area contributed by atoms with Gasteiger partial charge in [0.25, 0.3) is 6.01 Å². The largest absolute Gasteiger partial charge is 0.456 e. The maximum absolute atomic E-state index is 12.2. The number of hydrogen-bond acceptors (Lipinski definition) is 7. The summed E-state index contributed by atoms with van der Waals surface area (Å²) in [6, 6.07) is 10.3. The molecule has 2 amide bonds. The molecular weight excluding hydrogens is 414 g/mol. The van der Waals surface area contributed by atoms with Crippen LogP contribution in [0.15, 0.2) is 36.4 Å². The van der Waals surface area contributed by atoms with Crippen molar-refractivity contribution in [1.29, 1.82) is 0 Å². The minimum atomic E-state index is -0.657. The quantitative estimate of drug-likeness (QED) is 0.498. The summed E-state index contributed by atoms with van der Waals surface area (Å²) in [6.45, 7) is 0.497. The third kappa shape index (κ3) is 3.65. The molecule has 2 fully saturated rings. The Morgan fingerprint density at radius 1 is 1.17 bits per heavy atom. The number of nitrogens with zero attached hydrogens (tertiary/aromatic N) is 2. The number of aromatic amines is 1. The summed E-state index contributed by atoms with van der Waals surface area (Å²) in [6.07, 6.45) is -1.82. The Morgan fingerprint density at radius 2 is 1.97 bits per heavy atom. The zero-order valence-electron chi connectivity index (χ0n) is 15.5. The number of amides is 2. The Hall–Kier alpha value is -2.92. The van der Waals surface area contributed by atoms with E-state index >= 15 is 0 Å². The molecule has 2 saturated heterocycles. The Morgan fingerprint density at radius 3 is 2.80 bits per heavy atom. The number of anilines is 2. The van der Waals surface area contributed by atoms with Gasteiger partial charge >= 0.3 is 6.03 Å². The number of aliphatic hydroxyl groups is 1. The van der Waals surface area contributed by atoms with Gasteiger partial charge in [0, 0.05) is 5.69 Å². The van der Waals surface area contributed by atoms with Crippen molar-refractivity contribution in [1.82, 2.24) is 15.0 Å². The van der Waals surface area contributed by atoms with Gasteiger partial charge in [-0.3, -0.25) is 5.32 Å². The van der Waals surface area contributed by atoms with Crippen molar-refractivity contribution < 1.29 is 24.1 Å². The normalized spacial score (nSPS) is 25.3. The van der Waals surface area contributed by atoms with Crippen LogP contribution in [-0.2, 0) is 9.47 Å². The monoisotopic (exact) mass is 431 g/mol. The minimum Gasteiger partial charge on any atom is -0.456 e. The topological polar surface area (TPSA) is 131 Å². The van der Waals surface area contributed by atoms with Gasteiger partial charge in [0.05, 0.1) is 23.8 Å². The summed E-state index contributed by atoms with van der Waals surface area (Å²) in [5.41, 5.74) is 1.51. The van der Waals surface area contributed by atoms with E-state index in [4.69, 9.17) is 25.8 Å². The van der Waals surface area contributed by atoms with Gasteiger partial charge in [-0.1, -0.05) is 29.8 Å². The van der Waals surface area contributed by atoms with Crippen LogP contribution in [0.3, 0.4) is 0 Å². The molecule has 10 nitrogen and oxygen atoms in total. The van der Waals surface area contributed by atoms with Crippen LogP contribution in [0.2, 0.25) is 5.02 Å². The number of hydrogen-bond donors (Lipinski definition) is 4. The van der Waals surface area contributed by atoms with E-state index in [1.165, 1.54) is 0 Å². The molecule has 156 valence electrons. The van der Waals surface area contributed by atoms with Gasteiger partial charge in [-0.2, -0.15) is 4.98 Å². The Labute approximate surface area is 175 Å². The molecule has 3 aromatic rings. The number of nitrogens with one attached hydrogen (secondary N) is 3. The Bertz CT molecular complexity index is 1080. The zero-order chi connectivity index (χ0) is 20.7. The van der Waals surface area contributed by atoms with Crippen LogP contribution in [-0.4, -0.2) is 63.7 Å². The smallest absolute Gasteiger partial charge is 0.324 e. The average Bonchev–Trinajstić information content (AvgIpc) is 3.40. The molecule has 0 radical (unpaired) electrons. The first-order valence-electron chi connectivity index (χ1n) is 9.34. The maximum atomic E-state index is 12.2. The number of carbonyl (C=O) groups is 1. The fourth-order valence-corrected chi connectivity index (χ4v) is 3.72. The first-order valence-corrected chi connectivity index (χ1v) is 9.72. The first-order chi connectivity index (χ1) is 14.6. The molecule has 2 aromatic heterocycles. The fourth-order valence-electron chi connectivity index (χ4n) is 3.52. The molecular formula is C19H18ClN5O5. The molecule has 2 aliphatic rings. The fraction of sp³-hybridized carbons (Fsp3) is 0.316. The molecule has 11 heteroatoms. The molecule has 30 heavy (non-hydrogen) atoms. The number of para-hydroxylation sites is 1. The predicted octanol–water partition coefficient (Wildman–Crippen LogP) is 2.16. The van der Waals surface area contributed by atoms with Crippen LogP contribution in [0.5, 0.6) is 6.01 Å². The molecule has 0 aliphatic carbocycles. The number of imidazole rings is 1. The Kier molecular flexibility index (Phi) is 4.91. The van der Waals surface area contributed by atoms with Gasteiger partial charge in [0.1, 0.15) is 18.3 Å².